The molecule has 3 rings (SSSR count). The molecule has 2 aromatic rings. The van der Waals surface area contributed by atoms with Crippen LogP contribution in [0.3, 0.4) is 0 Å². The summed E-state index contributed by atoms with van der Waals surface area (Å²) in [7, 11) is 1.84. The molecule has 0 N–H and O–H groups in total. The van der Waals surface area contributed by atoms with Crippen LogP contribution in [0.1, 0.15) is 32.8 Å². The van der Waals surface area contributed by atoms with E-state index in [-0.39, 0.29) is 10.7 Å². The van der Waals surface area contributed by atoms with Gasteiger partial charge in [-0.1, -0.05) is 39.7 Å². The lowest BCUT2D eigenvalue weighted by atomic mass is 9.97. The van der Waals surface area contributed by atoms with Crippen molar-refractivity contribution in [3.8, 4) is 0 Å². The Morgan fingerprint density at radius 1 is 1.38 bits per heavy atom. The molecule has 1 aliphatic heterocycles. The van der Waals surface area contributed by atoms with E-state index in [1.54, 1.807) is 16.2 Å². The molecular formula is C16H15BrClNOS. The van der Waals surface area contributed by atoms with Crippen molar-refractivity contribution in [3.05, 3.63) is 50.2 Å². The van der Waals surface area contributed by atoms with Crippen LogP contribution >= 0.6 is 38.9 Å². The van der Waals surface area contributed by atoms with Crippen molar-refractivity contribution in [1.29, 1.82) is 0 Å². The number of hydrogen-bond acceptors (Lipinski definition) is 2. The molecule has 0 aliphatic carbocycles. The Kier molecular flexibility index (Phi) is 4.12. The van der Waals surface area contributed by atoms with Gasteiger partial charge >= 0.3 is 0 Å². The monoisotopic (exact) mass is 383 g/mol. The molecule has 110 valence electrons. The van der Waals surface area contributed by atoms with E-state index >= 15 is 0 Å². The molecule has 1 atom stereocenters. The number of amides is 1. The minimum absolute atomic E-state index is 0.0944. The van der Waals surface area contributed by atoms with Crippen molar-refractivity contribution in [2.24, 2.45) is 0 Å². The Hall–Kier alpha value is -0.840. The Morgan fingerprint density at radius 2 is 2.14 bits per heavy atom. The summed E-state index contributed by atoms with van der Waals surface area (Å²) >= 11 is 11.8. The van der Waals surface area contributed by atoms with Crippen LogP contribution in [0.15, 0.2) is 23.6 Å². The van der Waals surface area contributed by atoms with E-state index in [0.29, 0.717) is 6.42 Å². The van der Waals surface area contributed by atoms with E-state index in [2.05, 4.69) is 33.4 Å². The molecule has 0 spiro atoms. The average Bonchev–Trinajstić information content (AvgIpc) is 2.82. The second-order valence-electron chi connectivity index (χ2n) is 5.30. The first-order chi connectivity index (χ1) is 9.99. The lowest BCUT2D eigenvalue weighted by Gasteiger charge is -2.26. The van der Waals surface area contributed by atoms with Crippen molar-refractivity contribution in [2.75, 3.05) is 11.9 Å². The van der Waals surface area contributed by atoms with Gasteiger partial charge in [0.2, 0.25) is 5.91 Å². The smallest absolute Gasteiger partial charge is 0.227 e. The van der Waals surface area contributed by atoms with Gasteiger partial charge in [0.05, 0.1) is 9.85 Å². The van der Waals surface area contributed by atoms with Crippen molar-refractivity contribution in [3.63, 3.8) is 0 Å². The van der Waals surface area contributed by atoms with E-state index in [1.807, 2.05) is 20.0 Å². The van der Waals surface area contributed by atoms with Gasteiger partial charge in [-0.05, 0) is 41.5 Å². The predicted octanol–water partition coefficient (Wildman–Crippen LogP) is 5.10. The molecule has 1 unspecified atom stereocenters. The predicted molar refractivity (Wildman–Crippen MR) is 93.0 cm³/mol. The third-order valence-electron chi connectivity index (χ3n) is 3.90. The first-order valence-corrected chi connectivity index (χ1v) is 8.93. The molecule has 5 heteroatoms. The van der Waals surface area contributed by atoms with Crippen LogP contribution in [0.4, 0.5) is 5.69 Å². The molecule has 2 heterocycles. The van der Waals surface area contributed by atoms with E-state index in [9.17, 15) is 4.79 Å². The van der Waals surface area contributed by atoms with Crippen LogP contribution in [0.25, 0.3) is 0 Å². The van der Waals surface area contributed by atoms with E-state index in [1.165, 1.54) is 11.1 Å². The molecule has 1 amide bonds. The lowest BCUT2D eigenvalue weighted by molar-refractivity contribution is -0.118. The summed E-state index contributed by atoms with van der Waals surface area (Å²) in [5.41, 5.74) is 4.54. The van der Waals surface area contributed by atoms with E-state index in [0.717, 1.165) is 27.6 Å². The van der Waals surface area contributed by atoms with Gasteiger partial charge in [0.25, 0.3) is 0 Å². The molecule has 2 nitrogen and oxygen atoms in total. The highest BCUT2D eigenvalue weighted by Gasteiger charge is 2.23. The van der Waals surface area contributed by atoms with Crippen LogP contribution < -0.4 is 4.90 Å². The Bertz CT molecular complexity index is 712. The van der Waals surface area contributed by atoms with Gasteiger partial charge in [0, 0.05) is 24.0 Å². The number of carbonyl (C=O) groups excluding carboxylic acids is 1. The molecule has 21 heavy (non-hydrogen) atoms. The Morgan fingerprint density at radius 3 is 2.81 bits per heavy atom. The number of halogens is 2. The number of benzene rings is 1. The lowest BCUT2D eigenvalue weighted by Crippen LogP contribution is -2.31. The maximum Gasteiger partial charge on any atom is 0.227 e. The van der Waals surface area contributed by atoms with Gasteiger partial charge in [-0.2, -0.15) is 0 Å². The number of nitrogens with zero attached hydrogens (tertiary/aromatic N) is 1. The average molecular weight is 385 g/mol. The first-order valence-electron chi connectivity index (χ1n) is 6.76. The van der Waals surface area contributed by atoms with Gasteiger partial charge in [-0.15, -0.1) is 11.3 Å². The number of alkyl halides is 1. The SMILES string of the molecule is Cc1csc(C(Br)c2ccc3c(c2)CCC(=O)N3C)c1Cl. The fraction of sp³-hybridized carbons (Fsp3) is 0.312. The molecule has 0 radical (unpaired) electrons. The fourth-order valence-corrected chi connectivity index (χ4v) is 4.88. The maximum atomic E-state index is 11.7. The van der Waals surface area contributed by atoms with E-state index in [4.69, 9.17) is 11.6 Å². The topological polar surface area (TPSA) is 20.3 Å². The number of carbonyl (C=O) groups is 1. The molecule has 0 fully saturated rings. The summed E-state index contributed by atoms with van der Waals surface area (Å²) in [6, 6.07) is 6.28. The Labute approximate surface area is 141 Å². The van der Waals surface area contributed by atoms with Crippen molar-refractivity contribution >= 4 is 50.5 Å². The normalized spacial score (nSPS) is 16.0. The third kappa shape index (κ3) is 2.65. The largest absolute Gasteiger partial charge is 0.315 e. The minimum atomic E-state index is 0.0944. The number of fused-ring (bicyclic) bond motifs is 1. The van der Waals surface area contributed by atoms with Crippen LogP contribution in [-0.4, -0.2) is 13.0 Å². The molecule has 0 bridgehead atoms. The molecule has 1 aromatic carbocycles. The highest BCUT2D eigenvalue weighted by molar-refractivity contribution is 9.09. The molecule has 0 saturated heterocycles. The first kappa shape index (κ1) is 15.1. The summed E-state index contributed by atoms with van der Waals surface area (Å²) in [6.07, 6.45) is 1.39. The minimum Gasteiger partial charge on any atom is -0.315 e. The number of anilines is 1. The maximum absolute atomic E-state index is 11.7. The zero-order valence-corrected chi connectivity index (χ0v) is 15.0. The summed E-state index contributed by atoms with van der Waals surface area (Å²) < 4.78 is 0. The van der Waals surface area contributed by atoms with Crippen LogP contribution in [0, 0.1) is 6.92 Å². The quantitative estimate of drug-likeness (QED) is 0.659. The van der Waals surface area contributed by atoms with Crippen LogP contribution in [-0.2, 0) is 11.2 Å². The summed E-state index contributed by atoms with van der Waals surface area (Å²) in [5, 5.41) is 2.92. The zero-order valence-electron chi connectivity index (χ0n) is 11.8. The highest BCUT2D eigenvalue weighted by Crippen LogP contribution is 2.42. The number of hydrogen-bond donors (Lipinski definition) is 0. The summed E-state index contributed by atoms with van der Waals surface area (Å²) in [4.78, 5) is 14.7. The Balaban J connectivity index is 1.97. The van der Waals surface area contributed by atoms with Gasteiger partial charge in [0.15, 0.2) is 0 Å². The standard InChI is InChI=1S/C16H15BrClNOS/c1-9-8-21-16(15(9)18)14(17)11-3-5-12-10(7-11)4-6-13(20)19(12)2/h3,5,7-8,14H,4,6H2,1-2H3. The fourth-order valence-electron chi connectivity index (χ4n) is 2.61. The number of aryl methyl sites for hydroxylation is 2. The summed E-state index contributed by atoms with van der Waals surface area (Å²) in [6.45, 7) is 2.02. The number of rotatable bonds is 2. The van der Waals surface area contributed by atoms with Crippen molar-refractivity contribution in [1.82, 2.24) is 0 Å². The molecular weight excluding hydrogens is 370 g/mol. The van der Waals surface area contributed by atoms with Gasteiger partial charge in [-0.25, -0.2) is 0 Å². The molecule has 0 saturated carbocycles. The van der Waals surface area contributed by atoms with Gasteiger partial charge in [0.1, 0.15) is 0 Å². The van der Waals surface area contributed by atoms with Gasteiger partial charge in [-0.3, -0.25) is 4.79 Å². The highest BCUT2D eigenvalue weighted by atomic mass is 79.9. The second-order valence-corrected chi connectivity index (χ2v) is 7.51. The summed E-state index contributed by atoms with van der Waals surface area (Å²) in [5.74, 6) is 0.183. The number of thiophene rings is 1. The molecule has 1 aromatic heterocycles. The second kappa shape index (κ2) is 5.75. The van der Waals surface area contributed by atoms with Crippen molar-refractivity contribution < 1.29 is 4.79 Å². The third-order valence-corrected chi connectivity index (χ3v) is 6.96. The van der Waals surface area contributed by atoms with E-state index < -0.39 is 0 Å². The molecule has 1 aliphatic rings. The van der Waals surface area contributed by atoms with Crippen molar-refractivity contribution in [2.45, 2.75) is 24.6 Å². The zero-order chi connectivity index (χ0) is 15.1. The van der Waals surface area contributed by atoms with Crippen LogP contribution in [0.2, 0.25) is 5.02 Å². The van der Waals surface area contributed by atoms with Gasteiger partial charge < -0.3 is 4.90 Å². The van der Waals surface area contributed by atoms with Crippen LogP contribution in [0.5, 0.6) is 0 Å².